The minimum atomic E-state index is -2.83. The number of hydrogen-bond acceptors (Lipinski definition) is 6. The molecule has 4 heterocycles. The molecule has 0 atom stereocenters. The molecule has 1 N–H and O–H groups in total. The van der Waals surface area contributed by atoms with Gasteiger partial charge in [0, 0.05) is 17.3 Å². The molecule has 5 rings (SSSR count). The van der Waals surface area contributed by atoms with E-state index in [9.17, 15) is 13.6 Å². The first-order chi connectivity index (χ1) is 15.5. The average molecular weight is 461 g/mol. The minimum Gasteiger partial charge on any atom is -0.415 e. The number of fused-ring (bicyclic) bond motifs is 1. The lowest BCUT2D eigenvalue weighted by Crippen LogP contribution is -2.35. The lowest BCUT2D eigenvalue weighted by molar-refractivity contribution is 0.116. The fourth-order valence-electron chi connectivity index (χ4n) is 4.07. The molecule has 4 aromatic rings. The highest BCUT2D eigenvalue weighted by molar-refractivity contribution is 6.31. The maximum absolute atomic E-state index is 13.4. The molecule has 1 fully saturated rings. The van der Waals surface area contributed by atoms with Crippen molar-refractivity contribution in [2.24, 2.45) is 0 Å². The first-order valence-electron chi connectivity index (χ1n) is 10.2. The summed E-state index contributed by atoms with van der Waals surface area (Å²) in [6.45, 7) is 1.96. The standard InChI is InChI=1S/C21H19ClF2N6O2/c22-13-2-4-16-17(9-13)29(21(31)30(16)15-5-7-25-8-6-15)11-14-3-1-12(10-26-14)19-27-28-20(32-19)18(23)24/h1-4,9-10,15,18,25H,5-8,11H2. The molecule has 1 aromatic carbocycles. The fraction of sp³-hybridized carbons (Fsp3) is 0.333. The SMILES string of the molecule is O=c1n(Cc2ccc(-c3nnc(C(F)F)o3)cn2)c2cc(Cl)ccc2n1C1CCNCC1. The van der Waals surface area contributed by atoms with Crippen LogP contribution in [0.5, 0.6) is 0 Å². The van der Waals surface area contributed by atoms with Gasteiger partial charge in [0.25, 0.3) is 5.89 Å². The quantitative estimate of drug-likeness (QED) is 0.487. The predicted molar refractivity (Wildman–Crippen MR) is 114 cm³/mol. The summed E-state index contributed by atoms with van der Waals surface area (Å²) in [5.41, 5.74) is 2.51. The Morgan fingerprint density at radius 1 is 1.16 bits per heavy atom. The van der Waals surface area contributed by atoms with Crippen LogP contribution in [0.3, 0.4) is 0 Å². The minimum absolute atomic E-state index is 0.0363. The molecule has 3 aromatic heterocycles. The molecule has 0 spiro atoms. The molecular formula is C21H19ClF2N6O2. The normalized spacial score (nSPS) is 15.1. The molecule has 0 bridgehead atoms. The summed E-state index contributed by atoms with van der Waals surface area (Å²) in [7, 11) is 0. The van der Waals surface area contributed by atoms with Crippen molar-refractivity contribution < 1.29 is 13.2 Å². The maximum atomic E-state index is 13.4. The Labute approximate surface area is 185 Å². The molecule has 0 saturated carbocycles. The van der Waals surface area contributed by atoms with E-state index in [4.69, 9.17) is 16.0 Å². The van der Waals surface area contributed by atoms with Crippen molar-refractivity contribution >= 4 is 22.6 Å². The van der Waals surface area contributed by atoms with Crippen molar-refractivity contribution in [1.82, 2.24) is 29.6 Å². The van der Waals surface area contributed by atoms with Gasteiger partial charge in [0.1, 0.15) is 0 Å². The summed E-state index contributed by atoms with van der Waals surface area (Å²) < 4.78 is 33.8. The van der Waals surface area contributed by atoms with Gasteiger partial charge in [0.15, 0.2) is 0 Å². The van der Waals surface area contributed by atoms with Gasteiger partial charge in [-0.05, 0) is 56.3 Å². The Morgan fingerprint density at radius 2 is 1.97 bits per heavy atom. The monoisotopic (exact) mass is 460 g/mol. The Hall–Kier alpha value is -3.11. The molecule has 166 valence electrons. The van der Waals surface area contributed by atoms with Crippen molar-refractivity contribution in [3.63, 3.8) is 0 Å². The van der Waals surface area contributed by atoms with E-state index in [1.165, 1.54) is 6.20 Å². The first-order valence-corrected chi connectivity index (χ1v) is 10.6. The third kappa shape index (κ3) is 3.80. The molecular weight excluding hydrogens is 442 g/mol. The van der Waals surface area contributed by atoms with Crippen molar-refractivity contribution in [2.75, 3.05) is 13.1 Å². The van der Waals surface area contributed by atoms with Crippen LogP contribution >= 0.6 is 11.6 Å². The molecule has 1 aliphatic rings. The Morgan fingerprint density at radius 3 is 2.66 bits per heavy atom. The van der Waals surface area contributed by atoms with E-state index < -0.39 is 12.3 Å². The third-order valence-electron chi connectivity index (χ3n) is 5.62. The van der Waals surface area contributed by atoms with E-state index in [0.717, 1.165) is 37.0 Å². The van der Waals surface area contributed by atoms with E-state index >= 15 is 0 Å². The number of halogens is 3. The van der Waals surface area contributed by atoms with Crippen LogP contribution in [0.2, 0.25) is 5.02 Å². The zero-order chi connectivity index (χ0) is 22.2. The van der Waals surface area contributed by atoms with E-state index in [1.54, 1.807) is 28.8 Å². The number of nitrogens with zero attached hydrogens (tertiary/aromatic N) is 5. The summed E-state index contributed by atoms with van der Waals surface area (Å²) in [6, 6.07) is 8.92. The number of benzene rings is 1. The molecule has 1 saturated heterocycles. The summed E-state index contributed by atoms with van der Waals surface area (Å²) in [5.74, 6) is -0.774. The molecule has 11 heteroatoms. The predicted octanol–water partition coefficient (Wildman–Crippen LogP) is 3.81. The van der Waals surface area contributed by atoms with Crippen molar-refractivity contribution in [2.45, 2.75) is 31.9 Å². The topological polar surface area (TPSA) is 90.8 Å². The zero-order valence-electron chi connectivity index (χ0n) is 16.8. The van der Waals surface area contributed by atoms with Gasteiger partial charge in [-0.25, -0.2) is 4.79 Å². The molecule has 8 nitrogen and oxygen atoms in total. The second-order valence-corrected chi connectivity index (χ2v) is 8.07. The number of piperidine rings is 1. The van der Waals surface area contributed by atoms with Crippen LogP contribution in [0, 0.1) is 0 Å². The lowest BCUT2D eigenvalue weighted by atomic mass is 10.1. The number of nitrogens with one attached hydrogen (secondary N) is 1. The van der Waals surface area contributed by atoms with Gasteiger partial charge in [0.2, 0.25) is 5.89 Å². The average Bonchev–Trinajstić information content (AvgIpc) is 3.39. The molecule has 0 radical (unpaired) electrons. The van der Waals surface area contributed by atoms with Crippen LogP contribution in [0.15, 0.2) is 45.7 Å². The van der Waals surface area contributed by atoms with Gasteiger partial charge in [-0.3, -0.25) is 14.1 Å². The van der Waals surface area contributed by atoms with Gasteiger partial charge < -0.3 is 9.73 Å². The number of hydrogen-bond donors (Lipinski definition) is 1. The third-order valence-corrected chi connectivity index (χ3v) is 5.85. The summed E-state index contributed by atoms with van der Waals surface area (Å²) in [5, 5.41) is 10.8. The van der Waals surface area contributed by atoms with Gasteiger partial charge >= 0.3 is 12.1 Å². The highest BCUT2D eigenvalue weighted by Gasteiger charge is 2.23. The van der Waals surface area contributed by atoms with Crippen LogP contribution in [0.25, 0.3) is 22.5 Å². The Kier molecular flexibility index (Phi) is 5.48. The van der Waals surface area contributed by atoms with E-state index in [1.807, 2.05) is 10.6 Å². The fourth-order valence-corrected chi connectivity index (χ4v) is 4.24. The van der Waals surface area contributed by atoms with Crippen molar-refractivity contribution in [3.05, 3.63) is 63.6 Å². The number of alkyl halides is 2. The van der Waals surface area contributed by atoms with Crippen molar-refractivity contribution in [1.29, 1.82) is 0 Å². The molecule has 0 amide bonds. The zero-order valence-corrected chi connectivity index (χ0v) is 17.6. The van der Waals surface area contributed by atoms with Crippen LogP contribution in [-0.4, -0.2) is 37.4 Å². The molecule has 1 aliphatic heterocycles. The Bertz CT molecular complexity index is 1310. The van der Waals surface area contributed by atoms with Gasteiger partial charge in [0.05, 0.1) is 28.8 Å². The lowest BCUT2D eigenvalue weighted by Gasteiger charge is -2.23. The first kappa shape index (κ1) is 20.8. The van der Waals surface area contributed by atoms with Gasteiger partial charge in [-0.2, -0.15) is 8.78 Å². The number of rotatable bonds is 5. The Balaban J connectivity index is 1.49. The van der Waals surface area contributed by atoms with Crippen LogP contribution in [-0.2, 0) is 6.54 Å². The number of aromatic nitrogens is 5. The summed E-state index contributed by atoms with van der Waals surface area (Å²) in [4.78, 5) is 17.8. The second kappa shape index (κ2) is 8.44. The number of imidazole rings is 1. The maximum Gasteiger partial charge on any atom is 0.329 e. The molecule has 32 heavy (non-hydrogen) atoms. The van der Waals surface area contributed by atoms with Gasteiger partial charge in [-0.1, -0.05) is 11.6 Å². The van der Waals surface area contributed by atoms with Crippen LogP contribution < -0.4 is 11.0 Å². The van der Waals surface area contributed by atoms with Gasteiger partial charge in [-0.15, -0.1) is 10.2 Å². The van der Waals surface area contributed by atoms with Crippen LogP contribution in [0.4, 0.5) is 8.78 Å². The smallest absolute Gasteiger partial charge is 0.329 e. The molecule has 0 unspecified atom stereocenters. The molecule has 0 aliphatic carbocycles. The van der Waals surface area contributed by atoms with Crippen molar-refractivity contribution in [3.8, 4) is 11.5 Å². The summed E-state index contributed by atoms with van der Waals surface area (Å²) >= 11 is 6.23. The van der Waals surface area contributed by atoms with Crippen LogP contribution in [0.1, 0.15) is 36.9 Å². The van der Waals surface area contributed by atoms with E-state index in [2.05, 4.69) is 20.5 Å². The van der Waals surface area contributed by atoms with E-state index in [0.29, 0.717) is 16.3 Å². The number of pyridine rings is 1. The summed E-state index contributed by atoms with van der Waals surface area (Å²) in [6.07, 6.45) is 0.375. The highest BCUT2D eigenvalue weighted by Crippen LogP contribution is 2.26. The van der Waals surface area contributed by atoms with E-state index in [-0.39, 0.29) is 24.2 Å². The highest BCUT2D eigenvalue weighted by atomic mass is 35.5. The second-order valence-electron chi connectivity index (χ2n) is 7.64. The largest absolute Gasteiger partial charge is 0.415 e.